The van der Waals surface area contributed by atoms with Crippen LogP contribution in [0, 0.1) is 0 Å². The summed E-state index contributed by atoms with van der Waals surface area (Å²) in [6, 6.07) is 43.0. The Morgan fingerprint density at radius 2 is 1.12 bits per heavy atom. The molecule has 0 saturated heterocycles. The molecule has 0 spiro atoms. The van der Waals surface area contributed by atoms with Crippen LogP contribution in [0.1, 0.15) is 103 Å². The van der Waals surface area contributed by atoms with Gasteiger partial charge >= 0.3 is 0 Å². The minimum absolute atomic E-state index is 0.00663. The first-order valence-electron chi connectivity index (χ1n) is 30.8. The monoisotopic (exact) mass is 1410 g/mol. The maximum Gasteiger partial charge on any atom is 0.264 e. The molecule has 14 nitrogen and oxygen atoms in total. The van der Waals surface area contributed by atoms with Crippen molar-refractivity contribution in [1.82, 2.24) is 0 Å². The molecule has 0 fully saturated rings. The lowest BCUT2D eigenvalue weighted by molar-refractivity contribution is -0.693. The highest BCUT2D eigenvalue weighted by Crippen LogP contribution is 2.55. The van der Waals surface area contributed by atoms with Crippen molar-refractivity contribution in [3.63, 3.8) is 0 Å². The van der Waals surface area contributed by atoms with Gasteiger partial charge in [0.15, 0.2) is 25.5 Å². The lowest BCUT2D eigenvalue weighted by atomic mass is 9.86. The number of hydrogen-bond acceptors (Lipinski definition) is 14. The molecule has 0 unspecified atom stereocenters. The molecule has 0 aliphatic carbocycles. The first-order valence-corrected chi connectivity index (χ1v) is 39.6. The van der Waals surface area contributed by atoms with Crippen LogP contribution in [0.3, 0.4) is 0 Å². The topological polar surface area (TPSA) is 187 Å². The largest absolute Gasteiger partial charge is 0.748 e. The Hall–Kier alpha value is -5.66. The lowest BCUT2D eigenvalue weighted by Gasteiger charge is -2.43. The van der Waals surface area contributed by atoms with Crippen molar-refractivity contribution in [2.45, 2.75) is 128 Å². The maximum absolute atomic E-state index is 11.5. The van der Waals surface area contributed by atoms with Crippen LogP contribution in [0.25, 0.3) is 54.1 Å². The molecule has 1 N–H and O–H groups in total. The molecule has 0 atom stereocenters. The van der Waals surface area contributed by atoms with Crippen molar-refractivity contribution in [2.24, 2.45) is 0 Å². The van der Waals surface area contributed by atoms with Crippen LogP contribution in [0.15, 0.2) is 183 Å². The first-order chi connectivity index (χ1) is 44.0. The van der Waals surface area contributed by atoms with E-state index in [1.807, 2.05) is 94.9 Å². The van der Waals surface area contributed by atoms with Gasteiger partial charge in [-0.25, -0.2) is 21.4 Å². The van der Waals surface area contributed by atoms with E-state index in [2.05, 4.69) is 134 Å². The number of aryl methyl sites for hydroxylation is 3. The molecule has 0 saturated carbocycles. The van der Waals surface area contributed by atoms with Crippen molar-refractivity contribution in [3.05, 3.63) is 193 Å². The van der Waals surface area contributed by atoms with Gasteiger partial charge in [0, 0.05) is 92.0 Å². The van der Waals surface area contributed by atoms with Gasteiger partial charge in [0.25, 0.3) is 20.1 Å². The van der Waals surface area contributed by atoms with E-state index in [0.717, 1.165) is 94.6 Å². The number of halogens is 2. The molecular weight excluding hydrogens is 1340 g/mol. The molecule has 3 aromatic heterocycles. The highest BCUT2D eigenvalue weighted by molar-refractivity contribution is 8.04. The van der Waals surface area contributed by atoms with Gasteiger partial charge in [0.2, 0.25) is 11.0 Å². The summed E-state index contributed by atoms with van der Waals surface area (Å²) in [5.41, 5.74) is 6.31. The number of anilines is 2. The van der Waals surface area contributed by atoms with Gasteiger partial charge in [-0.15, -0.1) is 0 Å². The quantitative estimate of drug-likeness (QED) is 0.0471. The Bertz CT molecular complexity index is 4620. The summed E-state index contributed by atoms with van der Waals surface area (Å²) in [5, 5.41) is 10.0. The fourth-order valence-corrected chi connectivity index (χ4v) is 18.1. The van der Waals surface area contributed by atoms with Gasteiger partial charge < -0.3 is 18.9 Å². The van der Waals surface area contributed by atoms with Gasteiger partial charge in [-0.1, -0.05) is 165 Å². The van der Waals surface area contributed by atoms with E-state index in [1.165, 1.54) is 43.3 Å². The van der Waals surface area contributed by atoms with Crippen LogP contribution in [0.5, 0.6) is 0 Å². The zero-order valence-corrected chi connectivity index (χ0v) is 59.5. The van der Waals surface area contributed by atoms with Crippen LogP contribution in [0.2, 0.25) is 10.0 Å². The molecule has 2 aliphatic heterocycles. The average Bonchev–Trinajstić information content (AvgIpc) is 1.55. The summed E-state index contributed by atoms with van der Waals surface area (Å²) in [7, 11) is -12.7. The number of fused-ring (bicyclic) bond motifs is 8. The van der Waals surface area contributed by atoms with E-state index >= 15 is 0 Å². The molecule has 23 heteroatoms. The lowest BCUT2D eigenvalue weighted by Crippen LogP contribution is -2.45. The van der Waals surface area contributed by atoms with Crippen LogP contribution < -0.4 is 23.5 Å². The third-order valence-corrected chi connectivity index (χ3v) is 23.7. The molecule has 0 amide bonds. The summed E-state index contributed by atoms with van der Waals surface area (Å²) in [5.74, 6) is -1.18. The van der Waals surface area contributed by atoms with Crippen molar-refractivity contribution >= 4 is 165 Å². The summed E-state index contributed by atoms with van der Waals surface area (Å²) >= 11 is 19.1. The normalized spacial score (nSPS) is 14.8. The summed E-state index contributed by atoms with van der Waals surface area (Å²) in [6.45, 7) is 15.5. The maximum atomic E-state index is 11.5. The van der Waals surface area contributed by atoms with Crippen LogP contribution in [-0.2, 0) is 50.0 Å². The van der Waals surface area contributed by atoms with Crippen molar-refractivity contribution < 1.29 is 52.6 Å². The van der Waals surface area contributed by atoms with E-state index in [1.54, 1.807) is 35.2 Å². The van der Waals surface area contributed by atoms with Crippen LogP contribution in [-0.4, -0.2) is 68.3 Å². The number of hydrogen-bond donors (Lipinski definition) is 1. The van der Waals surface area contributed by atoms with E-state index in [9.17, 15) is 38.9 Å². The molecule has 0 bridgehead atoms. The molecule has 6 aromatic carbocycles. The zero-order chi connectivity index (χ0) is 66.0. The highest BCUT2D eigenvalue weighted by atomic mass is 35.5. The molecule has 2 aliphatic rings. The molecule has 486 valence electrons. The molecule has 0 radical (unpaired) electrons. The van der Waals surface area contributed by atoms with Gasteiger partial charge in [-0.3, -0.25) is 4.55 Å². The van der Waals surface area contributed by atoms with Gasteiger partial charge in [0.05, 0.1) is 52.8 Å². The standard InChI is InChI=1S/C37H40N2O3S3.C25H26Cl2N2O6S4.C7H10N/c1-5-26(24-33-38(22-13-23-45(40,41)42)35-29-16-11-9-14-27(29)18-20-31(35)43-33)25-34-39(37(6-2,7-3)8-4)36-30-17-12-10-15-28(30)19-21-32(36)44-34;1-2-17(13-24-28(9-3-11-38(30,31)32)20-15-18(26)5-7-22(20)36-24)14-25-29(10-4-12-39(33,34)35)21-16-19(27)6-8-23(21)37-25;1-2-8-6-4-3-5-7-8/h9-12,14-21,24-25H,5-8,13,22-23H2,1-4H3;5-8,13-16H,2-4,9-12H2,1H3,(H-,30,31,32,33,34,35);3-7H,2H2,1H3/q;;+1. The van der Waals surface area contributed by atoms with Gasteiger partial charge in [-0.2, -0.15) is 17.6 Å². The minimum Gasteiger partial charge on any atom is -0.748 e. The third kappa shape index (κ3) is 17.6. The summed E-state index contributed by atoms with van der Waals surface area (Å²) in [4.78, 5) is 6.90. The van der Waals surface area contributed by atoms with E-state index < -0.39 is 36.1 Å². The molecule has 5 heterocycles. The number of thiazole rings is 2. The Morgan fingerprint density at radius 3 is 1.73 bits per heavy atom. The van der Waals surface area contributed by atoms with Gasteiger partial charge in [0.1, 0.15) is 15.9 Å². The predicted octanol–water partition coefficient (Wildman–Crippen LogP) is 16.6. The van der Waals surface area contributed by atoms with Crippen LogP contribution >= 0.6 is 69.4 Å². The second kappa shape index (κ2) is 31.3. The van der Waals surface area contributed by atoms with Crippen molar-refractivity contribution in [2.75, 3.05) is 33.6 Å². The number of allylic oxidation sites excluding steroid dienone is 4. The van der Waals surface area contributed by atoms with Gasteiger partial charge in [-0.05, 0) is 128 Å². The van der Waals surface area contributed by atoms with E-state index in [-0.39, 0.29) is 36.3 Å². The van der Waals surface area contributed by atoms with Crippen molar-refractivity contribution in [1.29, 1.82) is 0 Å². The Kier molecular flexibility index (Phi) is 24.0. The molecule has 9 aromatic rings. The summed E-state index contributed by atoms with van der Waals surface area (Å²) < 4.78 is 108. The second-order valence-electron chi connectivity index (χ2n) is 22.3. The van der Waals surface area contributed by atoms with Crippen molar-refractivity contribution in [3.8, 4) is 0 Å². The fourth-order valence-electron chi connectivity index (χ4n) is 11.6. The molecule has 92 heavy (non-hydrogen) atoms. The number of pyridine rings is 1. The highest BCUT2D eigenvalue weighted by Gasteiger charge is 2.41. The number of thioether (sulfide) groups is 2. The Balaban J connectivity index is 0.000000195. The zero-order valence-electron chi connectivity index (χ0n) is 52.3. The van der Waals surface area contributed by atoms with Crippen LogP contribution in [0.4, 0.5) is 11.4 Å². The van der Waals surface area contributed by atoms with E-state index in [4.69, 9.17) is 23.2 Å². The average molecular weight is 1410 g/mol. The Morgan fingerprint density at radius 1 is 0.587 bits per heavy atom. The molecular formula is C69H76Cl2N5O9S7+. The second-order valence-corrected chi connectivity index (χ2v) is 32.1. The van der Waals surface area contributed by atoms with E-state index in [0.29, 0.717) is 36.1 Å². The predicted molar refractivity (Wildman–Crippen MR) is 382 cm³/mol. The number of benzene rings is 6. The number of nitrogens with zero attached hydrogens (tertiary/aromatic N) is 5. The Labute approximate surface area is 567 Å². The fraction of sp³-hybridized carbons (Fsp3) is 0.319. The smallest absolute Gasteiger partial charge is 0.264 e. The molecule has 11 rings (SSSR count). The summed E-state index contributed by atoms with van der Waals surface area (Å²) in [6.07, 6.45) is 18.1. The number of aromatic nitrogens is 3. The first kappa shape index (κ1) is 70.7. The third-order valence-electron chi connectivity index (χ3n) is 16.5. The SMILES string of the molecule is CCC(/C=C1\Sc2ccc3ccccc3c2N1C(CC)(CC)CC)=C\c1sc2ccc3ccccc3c2[n+]1CCCS(=O)(=O)[O-].CCC(=C\c1sc2ccc(Cl)cc2[n+]1CCCS(=O)(=O)[O-])/C=C1/Sc2ccc(Cl)cc2N1CCCS(=O)(=O)O.CC[n+]1ccccc1. The number of rotatable bonds is 23. The minimum atomic E-state index is -4.33.